The van der Waals surface area contributed by atoms with Crippen LogP contribution in [0.15, 0.2) is 28.7 Å². The van der Waals surface area contributed by atoms with E-state index in [0.29, 0.717) is 5.56 Å². The van der Waals surface area contributed by atoms with Gasteiger partial charge >= 0.3 is 5.97 Å². The van der Waals surface area contributed by atoms with Gasteiger partial charge in [0.05, 0.1) is 0 Å². The molecule has 0 aliphatic rings. The monoisotopic (exact) mass is 251 g/mol. The van der Waals surface area contributed by atoms with Crippen molar-refractivity contribution < 1.29 is 23.4 Å². The third kappa shape index (κ3) is 2.38. The Morgan fingerprint density at radius 3 is 2.67 bits per heavy atom. The number of carboxylic acid groups (broad SMARTS) is 1. The van der Waals surface area contributed by atoms with Crippen molar-refractivity contribution in [2.24, 2.45) is 0 Å². The van der Waals surface area contributed by atoms with Gasteiger partial charge in [-0.15, -0.1) is 0 Å². The van der Waals surface area contributed by atoms with E-state index in [1.807, 2.05) is 0 Å². The van der Waals surface area contributed by atoms with Gasteiger partial charge < -0.3 is 14.3 Å². The van der Waals surface area contributed by atoms with Gasteiger partial charge in [0.15, 0.2) is 0 Å². The Morgan fingerprint density at radius 1 is 1.44 bits per heavy atom. The normalized spacial score (nSPS) is 10.6. The fourth-order valence-corrected chi connectivity index (χ4v) is 1.50. The van der Waals surface area contributed by atoms with Crippen molar-refractivity contribution >= 4 is 5.97 Å². The molecule has 1 N–H and O–H groups in total. The van der Waals surface area contributed by atoms with Crippen LogP contribution in [-0.2, 0) is 11.3 Å². The first-order chi connectivity index (χ1) is 8.61. The van der Waals surface area contributed by atoms with E-state index in [1.54, 1.807) is 0 Å². The average molecular weight is 251 g/mol. The van der Waals surface area contributed by atoms with Crippen molar-refractivity contribution in [2.45, 2.75) is 6.61 Å². The van der Waals surface area contributed by atoms with Gasteiger partial charge in [-0.1, -0.05) is 0 Å². The number of hydrogen-bond donors (Lipinski definition) is 1. The van der Waals surface area contributed by atoms with Crippen molar-refractivity contribution in [1.29, 1.82) is 0 Å². The molecular weight excluding hydrogens is 241 g/mol. The lowest BCUT2D eigenvalue weighted by Gasteiger charge is -1.96. The molecule has 1 aromatic carbocycles. The number of halogens is 1. The number of hydrogen-bond acceptors (Lipinski definition) is 4. The summed E-state index contributed by atoms with van der Waals surface area (Å²) in [7, 11) is 1.45. The van der Waals surface area contributed by atoms with Crippen LogP contribution in [0.25, 0.3) is 11.3 Å². The summed E-state index contributed by atoms with van der Waals surface area (Å²) in [5, 5.41) is 9.01. The second kappa shape index (κ2) is 4.97. The fourth-order valence-electron chi connectivity index (χ4n) is 1.50. The zero-order valence-corrected chi connectivity index (χ0v) is 9.51. The van der Waals surface area contributed by atoms with Gasteiger partial charge in [-0.25, -0.2) is 14.2 Å². The van der Waals surface area contributed by atoms with E-state index in [0.717, 1.165) is 0 Å². The Labute approximate surface area is 102 Å². The summed E-state index contributed by atoms with van der Waals surface area (Å²) in [6.07, 6.45) is 0. The van der Waals surface area contributed by atoms with Crippen molar-refractivity contribution in [3.8, 4) is 11.3 Å². The molecule has 94 valence electrons. The van der Waals surface area contributed by atoms with E-state index in [-0.39, 0.29) is 24.0 Å². The Kier molecular flexibility index (Phi) is 3.38. The summed E-state index contributed by atoms with van der Waals surface area (Å²) in [6, 6.07) is 5.34. The first-order valence-corrected chi connectivity index (χ1v) is 5.09. The summed E-state index contributed by atoms with van der Waals surface area (Å²) < 4.78 is 22.7. The fraction of sp³-hybridized carbons (Fsp3) is 0.167. The predicted molar refractivity (Wildman–Crippen MR) is 59.6 cm³/mol. The number of oxazole rings is 1. The van der Waals surface area contributed by atoms with Crippen molar-refractivity contribution in [3.05, 3.63) is 41.7 Å². The predicted octanol–water partition coefficient (Wildman–Crippen LogP) is 2.33. The zero-order chi connectivity index (χ0) is 13.1. The van der Waals surface area contributed by atoms with E-state index in [1.165, 1.54) is 31.4 Å². The molecule has 1 heterocycles. The van der Waals surface area contributed by atoms with Crippen LogP contribution in [0.2, 0.25) is 0 Å². The molecule has 6 heteroatoms. The van der Waals surface area contributed by atoms with Crippen molar-refractivity contribution in [1.82, 2.24) is 4.98 Å². The second-order valence-electron chi connectivity index (χ2n) is 3.53. The summed E-state index contributed by atoms with van der Waals surface area (Å²) in [5.74, 6) is -1.76. The number of benzene rings is 1. The number of rotatable bonds is 4. The molecule has 2 aromatic rings. The Hall–Kier alpha value is -2.21. The van der Waals surface area contributed by atoms with Gasteiger partial charge in [-0.05, 0) is 24.3 Å². The lowest BCUT2D eigenvalue weighted by atomic mass is 10.1. The third-order valence-corrected chi connectivity index (χ3v) is 2.25. The second-order valence-corrected chi connectivity index (χ2v) is 3.53. The van der Waals surface area contributed by atoms with Crippen LogP contribution in [0, 0.1) is 5.82 Å². The van der Waals surface area contributed by atoms with E-state index < -0.39 is 11.8 Å². The number of nitrogens with zero attached hydrogens (tertiary/aromatic N) is 1. The molecular formula is C12H10FNO4. The highest BCUT2D eigenvalue weighted by Gasteiger charge is 2.20. The van der Waals surface area contributed by atoms with Gasteiger partial charge in [0.25, 0.3) is 0 Å². The van der Waals surface area contributed by atoms with Crippen LogP contribution in [0.5, 0.6) is 0 Å². The van der Waals surface area contributed by atoms with E-state index in [4.69, 9.17) is 14.3 Å². The minimum atomic E-state index is -1.23. The largest absolute Gasteiger partial charge is 0.475 e. The first-order valence-electron chi connectivity index (χ1n) is 5.09. The lowest BCUT2D eigenvalue weighted by molar-refractivity contribution is 0.0655. The number of carbonyl (C=O) groups is 1. The highest BCUT2D eigenvalue weighted by Crippen LogP contribution is 2.24. The van der Waals surface area contributed by atoms with Crippen LogP contribution < -0.4 is 0 Å². The molecule has 0 aliphatic carbocycles. The molecule has 5 nitrogen and oxygen atoms in total. The van der Waals surface area contributed by atoms with Crippen molar-refractivity contribution in [2.75, 3.05) is 7.11 Å². The van der Waals surface area contributed by atoms with Crippen LogP contribution in [-0.4, -0.2) is 23.2 Å². The minimum absolute atomic E-state index is 0.0709. The number of aromatic carboxylic acids is 1. The average Bonchev–Trinajstić information content (AvgIpc) is 2.75. The number of aromatic nitrogens is 1. The Balaban J connectivity index is 2.47. The first kappa shape index (κ1) is 12.3. The van der Waals surface area contributed by atoms with Crippen molar-refractivity contribution in [3.63, 3.8) is 0 Å². The molecule has 0 aliphatic heterocycles. The number of ether oxygens (including phenoxy) is 1. The maximum atomic E-state index is 12.8. The van der Waals surface area contributed by atoms with Crippen LogP contribution >= 0.6 is 0 Å². The minimum Gasteiger partial charge on any atom is -0.475 e. The quantitative estimate of drug-likeness (QED) is 0.902. The number of methoxy groups -OCH3 is 1. The van der Waals surface area contributed by atoms with Gasteiger partial charge in [0.1, 0.15) is 18.1 Å². The van der Waals surface area contributed by atoms with Gasteiger partial charge in [-0.3, -0.25) is 0 Å². The molecule has 0 atom stereocenters. The van der Waals surface area contributed by atoms with E-state index in [2.05, 4.69) is 4.98 Å². The van der Waals surface area contributed by atoms with Crippen LogP contribution in [0.4, 0.5) is 4.39 Å². The van der Waals surface area contributed by atoms with Crippen LogP contribution in [0.1, 0.15) is 16.4 Å². The summed E-state index contributed by atoms with van der Waals surface area (Å²) in [4.78, 5) is 15.1. The topological polar surface area (TPSA) is 72.6 Å². The molecule has 1 aromatic heterocycles. The standard InChI is InChI=1S/C12H10FNO4/c1-17-6-9-14-10(11(18-9)12(15)16)7-2-4-8(13)5-3-7/h2-5H,6H2,1H3,(H,15,16). The SMILES string of the molecule is COCc1nc(-c2ccc(F)cc2)c(C(=O)O)o1. The maximum Gasteiger partial charge on any atom is 0.374 e. The molecule has 0 amide bonds. The Bertz CT molecular complexity index is 562. The van der Waals surface area contributed by atoms with Gasteiger partial charge in [0, 0.05) is 12.7 Å². The number of carboxylic acids is 1. The molecule has 0 bridgehead atoms. The maximum absolute atomic E-state index is 12.8. The van der Waals surface area contributed by atoms with E-state index >= 15 is 0 Å². The molecule has 0 radical (unpaired) electrons. The summed E-state index contributed by atoms with van der Waals surface area (Å²) >= 11 is 0. The smallest absolute Gasteiger partial charge is 0.374 e. The molecule has 0 fully saturated rings. The summed E-state index contributed by atoms with van der Waals surface area (Å²) in [5.41, 5.74) is 0.634. The molecule has 0 spiro atoms. The summed E-state index contributed by atoms with van der Waals surface area (Å²) in [6.45, 7) is 0.0709. The zero-order valence-electron chi connectivity index (χ0n) is 9.51. The molecule has 0 unspecified atom stereocenters. The molecule has 0 saturated heterocycles. The van der Waals surface area contributed by atoms with Gasteiger partial charge in [0.2, 0.25) is 11.7 Å². The van der Waals surface area contributed by atoms with Gasteiger partial charge in [-0.2, -0.15) is 0 Å². The molecule has 0 saturated carbocycles. The third-order valence-electron chi connectivity index (χ3n) is 2.25. The highest BCUT2D eigenvalue weighted by molar-refractivity contribution is 5.91. The van der Waals surface area contributed by atoms with E-state index in [9.17, 15) is 9.18 Å². The Morgan fingerprint density at radius 2 is 2.11 bits per heavy atom. The lowest BCUT2D eigenvalue weighted by Crippen LogP contribution is -1.96. The van der Waals surface area contributed by atoms with Crippen LogP contribution in [0.3, 0.4) is 0 Å². The molecule has 18 heavy (non-hydrogen) atoms. The molecule has 2 rings (SSSR count). The highest BCUT2D eigenvalue weighted by atomic mass is 19.1.